The van der Waals surface area contributed by atoms with Crippen LogP contribution in [0.2, 0.25) is 0 Å². The van der Waals surface area contributed by atoms with Gasteiger partial charge in [-0.05, 0) is 0 Å². The monoisotopic (exact) mass is 175 g/mol. The molecule has 0 saturated carbocycles. The summed E-state index contributed by atoms with van der Waals surface area (Å²) in [5.41, 5.74) is 4.75. The highest BCUT2D eigenvalue weighted by Gasteiger charge is 2.24. The van der Waals surface area contributed by atoms with E-state index in [0.717, 1.165) is 0 Å². The Kier molecular flexibility index (Phi) is 4.70. The molecule has 7 nitrogen and oxygen atoms in total. The summed E-state index contributed by atoms with van der Waals surface area (Å²) in [6.07, 6.45) is -0.375. The van der Waals surface area contributed by atoms with Gasteiger partial charge in [-0.1, -0.05) is 10.4 Å². The number of primary amides is 1. The zero-order chi connectivity index (χ0) is 9.56. The Hall–Kier alpha value is -1.37. The molecule has 0 rings (SSSR count). The molecule has 0 spiro atoms. The number of aliphatic hydroxyl groups excluding tert-OH is 1. The van der Waals surface area contributed by atoms with Gasteiger partial charge in [0.1, 0.15) is 12.1 Å². The number of nitrogens with zero attached hydrogens (tertiary/aromatic N) is 2. The summed E-state index contributed by atoms with van der Waals surface area (Å²) in [4.78, 5) is 30.3. The predicted molar refractivity (Wildman–Crippen MR) is 40.1 cm³/mol. The van der Waals surface area contributed by atoms with Gasteiger partial charge in [-0.25, -0.2) is 0 Å². The number of hydrogen-bond acceptors (Lipinski definition) is 6. The third-order valence-electron chi connectivity index (χ3n) is 1.31. The van der Waals surface area contributed by atoms with E-state index in [1.54, 1.807) is 0 Å². The van der Waals surface area contributed by atoms with E-state index >= 15 is 0 Å². The molecule has 3 N–H and O–H groups in total. The molecule has 7 heteroatoms. The van der Waals surface area contributed by atoms with Gasteiger partial charge in [0, 0.05) is 0 Å². The molecular formula is C5H9N3O4. The van der Waals surface area contributed by atoms with E-state index in [9.17, 15) is 14.6 Å². The van der Waals surface area contributed by atoms with E-state index in [1.165, 1.54) is 0 Å². The lowest BCUT2D eigenvalue weighted by molar-refractivity contribution is -0.118. The molecule has 2 atom stereocenters. The number of carbonyl (C=O) groups is 1. The zero-order valence-electron chi connectivity index (χ0n) is 6.21. The normalized spacial score (nSPS) is 14.8. The van der Waals surface area contributed by atoms with Crippen molar-refractivity contribution in [3.8, 4) is 0 Å². The molecule has 0 aromatic rings. The first-order valence-electron chi connectivity index (χ1n) is 3.19. The molecule has 0 radical (unpaired) electrons. The molecular weight excluding hydrogens is 166 g/mol. The van der Waals surface area contributed by atoms with Crippen LogP contribution in [0.15, 0.2) is 10.4 Å². The first-order valence-corrected chi connectivity index (χ1v) is 3.19. The molecule has 0 aromatic heterocycles. The van der Waals surface area contributed by atoms with Crippen LogP contribution in [0.1, 0.15) is 6.42 Å². The highest BCUT2D eigenvalue weighted by atomic mass is 16.3. The SMILES string of the molecule is NC(=O)CC(N=O)C(CO)N=O. The van der Waals surface area contributed by atoms with E-state index < -0.39 is 24.6 Å². The minimum Gasteiger partial charge on any atom is -0.394 e. The second kappa shape index (κ2) is 5.30. The van der Waals surface area contributed by atoms with Crippen molar-refractivity contribution >= 4 is 5.91 Å². The van der Waals surface area contributed by atoms with Gasteiger partial charge in [0.15, 0.2) is 0 Å². The van der Waals surface area contributed by atoms with Crippen LogP contribution in [0.4, 0.5) is 0 Å². The van der Waals surface area contributed by atoms with Crippen LogP contribution in [0.5, 0.6) is 0 Å². The minimum absolute atomic E-state index is 0.375. The predicted octanol–water partition coefficient (Wildman–Crippen LogP) is -0.876. The number of nitrogens with two attached hydrogens (primary N) is 1. The summed E-state index contributed by atoms with van der Waals surface area (Å²) in [6.45, 7) is -0.618. The van der Waals surface area contributed by atoms with Crippen molar-refractivity contribution in [2.75, 3.05) is 6.61 Å². The van der Waals surface area contributed by atoms with Crippen LogP contribution in [0.3, 0.4) is 0 Å². The summed E-state index contributed by atoms with van der Waals surface area (Å²) in [5, 5.41) is 13.4. The van der Waals surface area contributed by atoms with Crippen LogP contribution in [-0.4, -0.2) is 29.7 Å². The molecule has 1 amide bonds. The number of aliphatic hydroxyl groups is 1. The van der Waals surface area contributed by atoms with Crippen molar-refractivity contribution in [3.05, 3.63) is 9.81 Å². The molecule has 0 heterocycles. The second-order valence-electron chi connectivity index (χ2n) is 2.20. The van der Waals surface area contributed by atoms with E-state index in [0.29, 0.717) is 0 Å². The first-order chi connectivity index (χ1) is 5.65. The van der Waals surface area contributed by atoms with Gasteiger partial charge in [0.25, 0.3) is 0 Å². The average molecular weight is 175 g/mol. The molecule has 2 unspecified atom stereocenters. The van der Waals surface area contributed by atoms with Crippen LogP contribution >= 0.6 is 0 Å². The zero-order valence-corrected chi connectivity index (χ0v) is 6.21. The number of carbonyl (C=O) groups excluding carboxylic acids is 1. The Bertz CT molecular complexity index is 184. The topological polar surface area (TPSA) is 122 Å². The summed E-state index contributed by atoms with van der Waals surface area (Å²) in [5.74, 6) is -0.762. The summed E-state index contributed by atoms with van der Waals surface area (Å²) in [7, 11) is 0. The van der Waals surface area contributed by atoms with E-state index in [-0.39, 0.29) is 6.42 Å². The Morgan fingerprint density at radius 2 is 1.83 bits per heavy atom. The van der Waals surface area contributed by atoms with Gasteiger partial charge in [-0.15, -0.1) is 0 Å². The fourth-order valence-electron chi connectivity index (χ4n) is 0.675. The van der Waals surface area contributed by atoms with Crippen LogP contribution < -0.4 is 5.73 Å². The Morgan fingerprint density at radius 3 is 2.08 bits per heavy atom. The maximum absolute atomic E-state index is 10.3. The standard InChI is InChI=1S/C5H9N3O4/c6-5(10)1-3(7-11)4(2-9)8-12/h3-4,9H,1-2H2,(H2,6,10). The van der Waals surface area contributed by atoms with Crippen molar-refractivity contribution in [2.24, 2.45) is 16.1 Å². The van der Waals surface area contributed by atoms with Gasteiger partial charge >= 0.3 is 0 Å². The molecule has 12 heavy (non-hydrogen) atoms. The number of nitroso groups, excluding NO2 is 2. The molecule has 0 aliphatic carbocycles. The lowest BCUT2D eigenvalue weighted by Crippen LogP contribution is -2.30. The van der Waals surface area contributed by atoms with Gasteiger partial charge in [-0.3, -0.25) is 4.79 Å². The quantitative estimate of drug-likeness (QED) is 0.509. The third kappa shape index (κ3) is 3.15. The Morgan fingerprint density at radius 1 is 1.33 bits per heavy atom. The van der Waals surface area contributed by atoms with Gasteiger partial charge < -0.3 is 10.8 Å². The molecule has 0 aliphatic heterocycles. The Balaban J connectivity index is 4.19. The minimum atomic E-state index is -1.19. The molecule has 68 valence electrons. The maximum Gasteiger partial charge on any atom is 0.219 e. The molecule has 0 aromatic carbocycles. The summed E-state index contributed by atoms with van der Waals surface area (Å²) < 4.78 is 0. The van der Waals surface area contributed by atoms with Gasteiger partial charge in [-0.2, -0.15) is 9.81 Å². The molecule has 0 saturated heterocycles. The summed E-state index contributed by atoms with van der Waals surface area (Å²) in [6, 6.07) is -2.35. The van der Waals surface area contributed by atoms with Crippen molar-refractivity contribution in [1.29, 1.82) is 0 Å². The van der Waals surface area contributed by atoms with E-state index in [4.69, 9.17) is 10.8 Å². The number of amides is 1. The fourth-order valence-corrected chi connectivity index (χ4v) is 0.675. The third-order valence-corrected chi connectivity index (χ3v) is 1.31. The van der Waals surface area contributed by atoms with Gasteiger partial charge in [0.2, 0.25) is 5.91 Å². The van der Waals surface area contributed by atoms with Crippen molar-refractivity contribution < 1.29 is 9.90 Å². The molecule has 0 bridgehead atoms. The van der Waals surface area contributed by atoms with E-state index in [1.807, 2.05) is 0 Å². The first kappa shape index (κ1) is 10.6. The van der Waals surface area contributed by atoms with Crippen molar-refractivity contribution in [1.82, 2.24) is 0 Å². The highest BCUT2D eigenvalue weighted by Crippen LogP contribution is 2.06. The van der Waals surface area contributed by atoms with E-state index in [2.05, 4.69) is 10.4 Å². The number of rotatable bonds is 6. The molecule has 0 aliphatic rings. The summed E-state index contributed by atoms with van der Waals surface area (Å²) >= 11 is 0. The van der Waals surface area contributed by atoms with Crippen LogP contribution in [0, 0.1) is 9.81 Å². The van der Waals surface area contributed by atoms with Gasteiger partial charge in [0.05, 0.1) is 13.0 Å². The second-order valence-corrected chi connectivity index (χ2v) is 2.20. The highest BCUT2D eigenvalue weighted by molar-refractivity contribution is 5.74. The lowest BCUT2D eigenvalue weighted by Gasteiger charge is -2.09. The van der Waals surface area contributed by atoms with Crippen LogP contribution in [-0.2, 0) is 4.79 Å². The largest absolute Gasteiger partial charge is 0.394 e. The molecule has 0 fully saturated rings. The smallest absolute Gasteiger partial charge is 0.219 e. The fraction of sp³-hybridized carbons (Fsp3) is 0.800. The maximum atomic E-state index is 10.3. The van der Waals surface area contributed by atoms with Crippen LogP contribution in [0.25, 0.3) is 0 Å². The Labute approximate surface area is 67.9 Å². The lowest BCUT2D eigenvalue weighted by atomic mass is 10.1. The van der Waals surface area contributed by atoms with Crippen molar-refractivity contribution in [2.45, 2.75) is 18.5 Å². The number of hydrogen-bond donors (Lipinski definition) is 2. The average Bonchev–Trinajstić information content (AvgIpc) is 2.04. The van der Waals surface area contributed by atoms with Crippen molar-refractivity contribution in [3.63, 3.8) is 0 Å².